The predicted octanol–water partition coefficient (Wildman–Crippen LogP) is 3.69. The summed E-state index contributed by atoms with van der Waals surface area (Å²) < 4.78 is 0. The van der Waals surface area contributed by atoms with Gasteiger partial charge in [-0.25, -0.2) is 4.98 Å². The molecule has 144 valence electrons. The van der Waals surface area contributed by atoms with Crippen molar-refractivity contribution in [3.63, 3.8) is 0 Å². The topological polar surface area (TPSA) is 74.8 Å². The van der Waals surface area contributed by atoms with E-state index in [2.05, 4.69) is 27.0 Å². The van der Waals surface area contributed by atoms with Crippen LogP contribution in [-0.2, 0) is 0 Å². The average Bonchev–Trinajstić information content (AvgIpc) is 3.22. The Morgan fingerprint density at radius 2 is 1.78 bits per heavy atom. The fourth-order valence-corrected chi connectivity index (χ4v) is 4.10. The Labute approximate surface area is 161 Å². The molecule has 2 fully saturated rings. The van der Waals surface area contributed by atoms with Gasteiger partial charge < -0.3 is 16.0 Å². The average molecular weight is 367 g/mol. The molecule has 2 aliphatic rings. The van der Waals surface area contributed by atoms with E-state index in [0.29, 0.717) is 6.04 Å². The summed E-state index contributed by atoms with van der Waals surface area (Å²) >= 11 is 0. The zero-order valence-corrected chi connectivity index (χ0v) is 16.0. The van der Waals surface area contributed by atoms with Crippen molar-refractivity contribution in [3.8, 4) is 11.3 Å². The number of anilines is 2. The summed E-state index contributed by atoms with van der Waals surface area (Å²) in [5.74, 6) is 2.46. The highest BCUT2D eigenvalue weighted by Crippen LogP contribution is 2.25. The van der Waals surface area contributed by atoms with Crippen molar-refractivity contribution in [1.82, 2.24) is 20.3 Å². The lowest BCUT2D eigenvalue weighted by Gasteiger charge is -2.22. The van der Waals surface area contributed by atoms with Crippen molar-refractivity contribution in [2.45, 2.75) is 51.0 Å². The summed E-state index contributed by atoms with van der Waals surface area (Å²) in [4.78, 5) is 13.6. The smallest absolute Gasteiger partial charge is 0.225 e. The number of nitrogens with one attached hydrogen (secondary N) is 3. The van der Waals surface area contributed by atoms with Gasteiger partial charge in [0.2, 0.25) is 5.95 Å². The number of aromatic nitrogens is 3. The number of rotatable bonds is 7. The standard InChI is InChI=1S/C21H30N6/c1-2-4-18(3-1)25-21-26-19(17-8-12-23-13-9-17)15-20(27-21)24-14-7-16-5-10-22-11-6-16/h8-9,12-13,15-16,18,22H,1-7,10-11,14H2,(H2,24,25,26,27). The molecule has 0 radical (unpaired) electrons. The van der Waals surface area contributed by atoms with E-state index in [1.807, 2.05) is 24.5 Å². The Morgan fingerprint density at radius 1 is 1.00 bits per heavy atom. The van der Waals surface area contributed by atoms with Crippen molar-refractivity contribution >= 4 is 11.8 Å². The highest BCUT2D eigenvalue weighted by atomic mass is 15.2. The highest BCUT2D eigenvalue weighted by molar-refractivity contribution is 5.63. The molecule has 0 bridgehead atoms. The van der Waals surface area contributed by atoms with Crippen LogP contribution in [-0.4, -0.2) is 40.6 Å². The minimum Gasteiger partial charge on any atom is -0.370 e. The summed E-state index contributed by atoms with van der Waals surface area (Å²) in [5, 5.41) is 10.5. The van der Waals surface area contributed by atoms with E-state index in [0.717, 1.165) is 48.6 Å². The third-order valence-electron chi connectivity index (χ3n) is 5.71. The van der Waals surface area contributed by atoms with E-state index in [1.54, 1.807) is 0 Å². The van der Waals surface area contributed by atoms with Gasteiger partial charge in [-0.3, -0.25) is 4.98 Å². The van der Waals surface area contributed by atoms with E-state index in [4.69, 9.17) is 9.97 Å². The van der Waals surface area contributed by atoms with Crippen LogP contribution in [0.3, 0.4) is 0 Å². The van der Waals surface area contributed by atoms with Crippen LogP contribution in [0.25, 0.3) is 11.3 Å². The maximum Gasteiger partial charge on any atom is 0.225 e. The van der Waals surface area contributed by atoms with Gasteiger partial charge in [-0.2, -0.15) is 4.98 Å². The van der Waals surface area contributed by atoms with Crippen LogP contribution in [0.15, 0.2) is 30.6 Å². The molecule has 6 nitrogen and oxygen atoms in total. The summed E-state index contributed by atoms with van der Waals surface area (Å²) in [6.07, 6.45) is 12.4. The van der Waals surface area contributed by atoms with E-state index in [9.17, 15) is 0 Å². The van der Waals surface area contributed by atoms with Gasteiger partial charge in [0.15, 0.2) is 0 Å². The molecule has 2 aromatic heterocycles. The molecule has 1 aliphatic heterocycles. The monoisotopic (exact) mass is 366 g/mol. The maximum atomic E-state index is 4.77. The molecule has 3 N–H and O–H groups in total. The van der Waals surface area contributed by atoms with Crippen LogP contribution >= 0.6 is 0 Å². The Hall–Kier alpha value is -2.21. The van der Waals surface area contributed by atoms with E-state index >= 15 is 0 Å². The van der Waals surface area contributed by atoms with Gasteiger partial charge >= 0.3 is 0 Å². The van der Waals surface area contributed by atoms with Crippen molar-refractivity contribution in [3.05, 3.63) is 30.6 Å². The molecule has 0 spiro atoms. The fraction of sp³-hybridized carbons (Fsp3) is 0.571. The maximum absolute atomic E-state index is 4.77. The normalized spacial score (nSPS) is 18.5. The minimum atomic E-state index is 0.500. The number of hydrogen-bond acceptors (Lipinski definition) is 6. The minimum absolute atomic E-state index is 0.500. The van der Waals surface area contributed by atoms with Crippen LogP contribution in [0, 0.1) is 5.92 Å². The number of hydrogen-bond donors (Lipinski definition) is 3. The molecule has 1 saturated heterocycles. The molecule has 2 aromatic rings. The molecule has 27 heavy (non-hydrogen) atoms. The fourth-order valence-electron chi connectivity index (χ4n) is 4.10. The molecule has 0 amide bonds. The largest absolute Gasteiger partial charge is 0.370 e. The summed E-state index contributed by atoms with van der Waals surface area (Å²) in [6, 6.07) is 6.55. The molecule has 1 saturated carbocycles. The van der Waals surface area contributed by atoms with Crippen LogP contribution in [0.1, 0.15) is 44.9 Å². The van der Waals surface area contributed by atoms with Gasteiger partial charge in [-0.1, -0.05) is 12.8 Å². The Kier molecular flexibility index (Phi) is 6.14. The summed E-state index contributed by atoms with van der Waals surface area (Å²) in [7, 11) is 0. The second kappa shape index (κ2) is 9.13. The summed E-state index contributed by atoms with van der Waals surface area (Å²) in [6.45, 7) is 3.26. The van der Waals surface area contributed by atoms with Crippen LogP contribution in [0.5, 0.6) is 0 Å². The number of nitrogens with zero attached hydrogens (tertiary/aromatic N) is 3. The number of piperidine rings is 1. The molecule has 4 rings (SSSR count). The zero-order chi connectivity index (χ0) is 18.3. The van der Waals surface area contributed by atoms with Gasteiger partial charge in [-0.15, -0.1) is 0 Å². The van der Waals surface area contributed by atoms with E-state index in [-0.39, 0.29) is 0 Å². The van der Waals surface area contributed by atoms with E-state index in [1.165, 1.54) is 44.9 Å². The Balaban J connectivity index is 1.46. The molecular formula is C21H30N6. The van der Waals surface area contributed by atoms with Crippen molar-refractivity contribution in [1.29, 1.82) is 0 Å². The number of pyridine rings is 1. The molecular weight excluding hydrogens is 336 g/mol. The van der Waals surface area contributed by atoms with Crippen LogP contribution in [0.4, 0.5) is 11.8 Å². The lowest BCUT2D eigenvalue weighted by atomic mass is 9.95. The summed E-state index contributed by atoms with van der Waals surface area (Å²) in [5.41, 5.74) is 2.01. The van der Waals surface area contributed by atoms with Crippen LogP contribution < -0.4 is 16.0 Å². The highest BCUT2D eigenvalue weighted by Gasteiger charge is 2.17. The second-order valence-electron chi connectivity index (χ2n) is 7.73. The third kappa shape index (κ3) is 5.16. The predicted molar refractivity (Wildman–Crippen MR) is 110 cm³/mol. The van der Waals surface area contributed by atoms with Crippen molar-refractivity contribution in [2.75, 3.05) is 30.3 Å². The molecule has 0 atom stereocenters. The Morgan fingerprint density at radius 3 is 2.56 bits per heavy atom. The zero-order valence-electron chi connectivity index (χ0n) is 16.0. The second-order valence-corrected chi connectivity index (χ2v) is 7.73. The molecule has 6 heteroatoms. The first-order valence-corrected chi connectivity index (χ1v) is 10.4. The van der Waals surface area contributed by atoms with Crippen molar-refractivity contribution < 1.29 is 0 Å². The first kappa shape index (κ1) is 18.2. The van der Waals surface area contributed by atoms with Gasteiger partial charge in [0.1, 0.15) is 5.82 Å². The first-order valence-electron chi connectivity index (χ1n) is 10.4. The molecule has 3 heterocycles. The van der Waals surface area contributed by atoms with Crippen LogP contribution in [0.2, 0.25) is 0 Å². The first-order chi connectivity index (χ1) is 13.4. The third-order valence-corrected chi connectivity index (χ3v) is 5.71. The quantitative estimate of drug-likeness (QED) is 0.694. The molecule has 0 aromatic carbocycles. The molecule has 1 aliphatic carbocycles. The van der Waals surface area contributed by atoms with Crippen molar-refractivity contribution in [2.24, 2.45) is 5.92 Å². The van der Waals surface area contributed by atoms with Gasteiger partial charge in [0.25, 0.3) is 0 Å². The van der Waals surface area contributed by atoms with Gasteiger partial charge in [0.05, 0.1) is 5.69 Å². The molecule has 0 unspecified atom stereocenters. The van der Waals surface area contributed by atoms with E-state index < -0.39 is 0 Å². The van der Waals surface area contributed by atoms with Gasteiger partial charge in [0, 0.05) is 36.6 Å². The lowest BCUT2D eigenvalue weighted by molar-refractivity contribution is 0.361. The Bertz CT molecular complexity index is 708. The lowest BCUT2D eigenvalue weighted by Crippen LogP contribution is -2.28. The van der Waals surface area contributed by atoms with Gasteiger partial charge in [-0.05, 0) is 63.2 Å². The SMILES string of the molecule is c1cc(-c2cc(NCCC3CCNCC3)nc(NC3CCCC3)n2)ccn1.